The molecule has 2 aliphatic rings. The molecule has 2 aliphatic heterocycles. The second kappa shape index (κ2) is 6.34. The van der Waals surface area contributed by atoms with Crippen LogP contribution in [0.4, 0.5) is 4.79 Å². The van der Waals surface area contributed by atoms with Crippen LogP contribution in [0.15, 0.2) is 16.8 Å². The van der Waals surface area contributed by atoms with Crippen LogP contribution in [-0.2, 0) is 19.5 Å². The summed E-state index contributed by atoms with van der Waals surface area (Å²) in [4.78, 5) is 38.0. The number of hydrogen-bond acceptors (Lipinski definition) is 8. The van der Waals surface area contributed by atoms with E-state index in [1.165, 1.54) is 22.8 Å². The molecule has 4 amide bonds. The number of rotatable bonds is 4. The zero-order valence-electron chi connectivity index (χ0n) is 12.6. The number of carbonyl (C=O) groups is 3. The Hall–Kier alpha value is -2.06. The molecule has 11 nitrogen and oxygen atoms in total. The van der Waals surface area contributed by atoms with E-state index in [0.29, 0.717) is 10.1 Å². The number of fused-ring (bicyclic) bond motifs is 2. The van der Waals surface area contributed by atoms with Gasteiger partial charge in [0.05, 0.1) is 11.6 Å². The Morgan fingerprint density at radius 3 is 2.72 bits per heavy atom. The van der Waals surface area contributed by atoms with Crippen molar-refractivity contribution in [1.29, 1.82) is 0 Å². The summed E-state index contributed by atoms with van der Waals surface area (Å²) in [6, 6.07) is -1.03. The van der Waals surface area contributed by atoms with Gasteiger partial charge in [-0.1, -0.05) is 0 Å². The molecule has 2 atom stereocenters. The number of nitrogens with zero attached hydrogens (tertiary/aromatic N) is 3. The molecular weight excluding hydrogens is 376 g/mol. The number of carbonyl (C=O) groups excluding carboxylic acids is 3. The third-order valence-corrected chi connectivity index (χ3v) is 5.04. The normalized spacial score (nSPS) is 23.0. The van der Waals surface area contributed by atoms with Gasteiger partial charge >= 0.3 is 16.4 Å². The first kappa shape index (κ1) is 17.8. The number of hydrazine groups is 1. The third kappa shape index (κ3) is 3.36. The summed E-state index contributed by atoms with van der Waals surface area (Å²) >= 11 is 1.27. The second-order valence-corrected chi connectivity index (χ2v) is 7.32. The van der Waals surface area contributed by atoms with E-state index >= 15 is 0 Å². The Labute approximate surface area is 146 Å². The van der Waals surface area contributed by atoms with Crippen molar-refractivity contribution in [3.8, 4) is 0 Å². The maximum Gasteiger partial charge on any atom is 0.418 e. The predicted molar refractivity (Wildman–Crippen MR) is 83.1 cm³/mol. The molecule has 0 spiro atoms. The average molecular weight is 390 g/mol. The van der Waals surface area contributed by atoms with Crippen LogP contribution in [0.1, 0.15) is 23.2 Å². The van der Waals surface area contributed by atoms with Crippen LogP contribution < -0.4 is 5.84 Å². The third-order valence-electron chi connectivity index (χ3n) is 4.01. The number of nitrogens with two attached hydrogens (primary N) is 1. The fourth-order valence-corrected chi connectivity index (χ4v) is 3.89. The molecule has 1 aromatic rings. The highest BCUT2D eigenvalue weighted by atomic mass is 32.3. The van der Waals surface area contributed by atoms with Crippen LogP contribution in [-0.4, -0.2) is 64.4 Å². The molecule has 0 unspecified atom stereocenters. The van der Waals surface area contributed by atoms with Crippen molar-refractivity contribution >= 4 is 39.6 Å². The summed E-state index contributed by atoms with van der Waals surface area (Å²) in [6.45, 7) is 0.0191. The molecule has 13 heteroatoms. The summed E-state index contributed by atoms with van der Waals surface area (Å²) < 4.78 is 34.7. The summed E-state index contributed by atoms with van der Waals surface area (Å²) in [5.41, 5.74) is 0.249. The maximum atomic E-state index is 12.5. The quantitative estimate of drug-likeness (QED) is 0.232. The lowest BCUT2D eigenvalue weighted by atomic mass is 10.00. The molecule has 1 aromatic heterocycles. The summed E-state index contributed by atoms with van der Waals surface area (Å²) in [5, 5.41) is 4.16. The molecule has 2 saturated heterocycles. The van der Waals surface area contributed by atoms with Crippen molar-refractivity contribution in [3.05, 3.63) is 22.4 Å². The average Bonchev–Trinajstić information content (AvgIpc) is 3.16. The fourth-order valence-electron chi connectivity index (χ4n) is 2.87. The molecule has 0 saturated carbocycles. The Morgan fingerprint density at radius 2 is 2.12 bits per heavy atom. The minimum absolute atomic E-state index is 0.0191. The van der Waals surface area contributed by atoms with Gasteiger partial charge in [0, 0.05) is 11.9 Å². The SMILES string of the molecule is NN(C(=O)c1ccsc1)C(=O)[C@@H]1CC[C@@H]2CN1C(=O)N2OS(=O)(=O)O. The van der Waals surface area contributed by atoms with Crippen LogP contribution in [0.3, 0.4) is 0 Å². The van der Waals surface area contributed by atoms with Crippen LogP contribution in [0.2, 0.25) is 0 Å². The van der Waals surface area contributed by atoms with Gasteiger partial charge in [0.15, 0.2) is 0 Å². The number of hydrogen-bond donors (Lipinski definition) is 2. The fraction of sp³-hybridized carbons (Fsp3) is 0.417. The van der Waals surface area contributed by atoms with Crippen molar-refractivity contribution in [3.63, 3.8) is 0 Å². The number of hydroxylamine groups is 2. The lowest BCUT2D eigenvalue weighted by Gasteiger charge is -2.31. The largest absolute Gasteiger partial charge is 0.418 e. The first-order valence-electron chi connectivity index (χ1n) is 7.11. The second-order valence-electron chi connectivity index (χ2n) is 5.54. The van der Waals surface area contributed by atoms with E-state index in [-0.39, 0.29) is 24.9 Å². The Bertz CT molecular complexity index is 809. The van der Waals surface area contributed by atoms with Gasteiger partial charge in [-0.2, -0.15) is 24.8 Å². The van der Waals surface area contributed by atoms with E-state index in [1.54, 1.807) is 5.38 Å². The van der Waals surface area contributed by atoms with Crippen molar-refractivity contribution in [2.45, 2.75) is 24.9 Å². The summed E-state index contributed by atoms with van der Waals surface area (Å²) in [5.74, 6) is 4.13. The number of piperidine rings is 1. The van der Waals surface area contributed by atoms with Gasteiger partial charge in [0.25, 0.3) is 11.8 Å². The van der Waals surface area contributed by atoms with Crippen LogP contribution in [0.25, 0.3) is 0 Å². The number of thiophene rings is 1. The highest BCUT2D eigenvalue weighted by Gasteiger charge is 2.50. The predicted octanol–water partition coefficient (Wildman–Crippen LogP) is -0.406. The van der Waals surface area contributed by atoms with E-state index in [2.05, 4.69) is 4.28 Å². The first-order valence-corrected chi connectivity index (χ1v) is 9.42. The summed E-state index contributed by atoms with van der Waals surface area (Å²) in [7, 11) is -4.87. The van der Waals surface area contributed by atoms with Crippen LogP contribution >= 0.6 is 11.3 Å². The zero-order chi connectivity index (χ0) is 18.4. The van der Waals surface area contributed by atoms with Gasteiger partial charge in [0.1, 0.15) is 6.04 Å². The Kier molecular flexibility index (Phi) is 4.51. The molecular formula is C12H14N4O7S2. The molecule has 0 aromatic carbocycles. The van der Waals surface area contributed by atoms with E-state index in [4.69, 9.17) is 10.4 Å². The van der Waals surface area contributed by atoms with Crippen molar-refractivity contribution in [1.82, 2.24) is 15.0 Å². The summed E-state index contributed by atoms with van der Waals surface area (Å²) in [6.07, 6.45) is 0.417. The van der Waals surface area contributed by atoms with E-state index < -0.39 is 40.3 Å². The van der Waals surface area contributed by atoms with Crippen molar-refractivity contribution in [2.75, 3.05) is 6.54 Å². The lowest BCUT2D eigenvalue weighted by Crippen LogP contribution is -2.55. The van der Waals surface area contributed by atoms with Gasteiger partial charge in [-0.05, 0) is 24.3 Å². The Morgan fingerprint density at radius 1 is 1.40 bits per heavy atom. The molecule has 2 bridgehead atoms. The molecule has 0 aliphatic carbocycles. The number of urea groups is 1. The minimum Gasteiger partial charge on any atom is -0.309 e. The van der Waals surface area contributed by atoms with Gasteiger partial charge in [-0.25, -0.2) is 15.6 Å². The van der Waals surface area contributed by atoms with E-state index in [1.807, 2.05) is 0 Å². The van der Waals surface area contributed by atoms with Crippen molar-refractivity contribution in [2.24, 2.45) is 5.84 Å². The van der Waals surface area contributed by atoms with Gasteiger partial charge in [0.2, 0.25) is 0 Å². The topological polar surface area (TPSA) is 151 Å². The Balaban J connectivity index is 1.75. The standard InChI is InChI=1S/C12H14N4O7S2/c13-15(10(17)7-3-4-24-6-7)11(18)9-2-1-8-5-14(9)12(19)16(8)23-25(20,21)22/h3-4,6,8-9H,1-2,5,13H2,(H,20,21,22)/t8-,9+/m1/s1. The highest BCUT2D eigenvalue weighted by molar-refractivity contribution is 7.80. The monoisotopic (exact) mass is 390 g/mol. The van der Waals surface area contributed by atoms with Crippen molar-refractivity contribution < 1.29 is 31.6 Å². The van der Waals surface area contributed by atoms with Crippen LogP contribution in [0.5, 0.6) is 0 Å². The highest BCUT2D eigenvalue weighted by Crippen LogP contribution is 2.31. The zero-order valence-corrected chi connectivity index (χ0v) is 14.3. The molecule has 3 heterocycles. The van der Waals surface area contributed by atoms with Gasteiger partial charge in [-0.15, -0.1) is 4.28 Å². The molecule has 25 heavy (non-hydrogen) atoms. The van der Waals surface area contributed by atoms with Gasteiger partial charge in [-0.3, -0.25) is 14.1 Å². The minimum atomic E-state index is -4.87. The molecule has 136 valence electrons. The van der Waals surface area contributed by atoms with E-state index in [9.17, 15) is 22.8 Å². The number of imide groups is 1. The van der Waals surface area contributed by atoms with Gasteiger partial charge < -0.3 is 4.90 Å². The first-order chi connectivity index (χ1) is 11.7. The molecule has 2 fully saturated rings. The molecule has 0 radical (unpaired) electrons. The van der Waals surface area contributed by atoms with E-state index in [0.717, 1.165) is 4.90 Å². The number of amides is 4. The van der Waals surface area contributed by atoms with Crippen LogP contribution in [0, 0.1) is 0 Å². The molecule has 3 N–H and O–H groups in total. The maximum absolute atomic E-state index is 12.5. The lowest BCUT2D eigenvalue weighted by molar-refractivity contribution is -0.134. The molecule has 3 rings (SSSR count). The smallest absolute Gasteiger partial charge is 0.309 e.